The van der Waals surface area contributed by atoms with Crippen molar-refractivity contribution in [3.63, 3.8) is 0 Å². The fourth-order valence-corrected chi connectivity index (χ4v) is 3.87. The quantitative estimate of drug-likeness (QED) is 0.714. The van der Waals surface area contributed by atoms with Crippen LogP contribution in [0.25, 0.3) is 0 Å². The largest absolute Gasteiger partial charge is 0.490 e. The predicted octanol–water partition coefficient (Wildman–Crippen LogP) is 3.87. The number of ether oxygens (including phenoxy) is 2. The van der Waals surface area contributed by atoms with Crippen molar-refractivity contribution in [3.8, 4) is 11.5 Å². The molecule has 136 valence electrons. The molecule has 0 bridgehead atoms. The number of rotatable bonds is 8. The van der Waals surface area contributed by atoms with Gasteiger partial charge in [-0.3, -0.25) is 0 Å². The van der Waals surface area contributed by atoms with Crippen molar-refractivity contribution in [2.24, 2.45) is 0 Å². The number of nitrogens with zero attached hydrogens (tertiary/aromatic N) is 1. The maximum Gasteiger partial charge on any atom is 0.243 e. The molecule has 6 heteroatoms. The fourth-order valence-electron chi connectivity index (χ4n) is 2.51. The first kappa shape index (κ1) is 19.3. The maximum absolute atomic E-state index is 13.0. The molecule has 0 fully saturated rings. The first-order valence-corrected chi connectivity index (χ1v) is 9.78. The third-order valence-corrected chi connectivity index (χ3v) is 5.94. The summed E-state index contributed by atoms with van der Waals surface area (Å²) >= 11 is 0. The molecule has 25 heavy (non-hydrogen) atoms. The standard InChI is InChI=1S/C19H25NO4S/c1-5-23-18-13-12-17(14-19(18)24-6-2)25(21,22)20(4)15(3)16-10-8-7-9-11-16/h7-15H,5-6H2,1-4H3/t15-/m0/s1. The van der Waals surface area contributed by atoms with E-state index < -0.39 is 10.0 Å². The first-order chi connectivity index (χ1) is 11.9. The number of hydrogen-bond acceptors (Lipinski definition) is 4. The van der Waals surface area contributed by atoms with Crippen LogP contribution in [0.15, 0.2) is 53.4 Å². The van der Waals surface area contributed by atoms with Gasteiger partial charge >= 0.3 is 0 Å². The van der Waals surface area contributed by atoms with Gasteiger partial charge in [-0.2, -0.15) is 4.31 Å². The van der Waals surface area contributed by atoms with E-state index in [4.69, 9.17) is 9.47 Å². The van der Waals surface area contributed by atoms with E-state index in [9.17, 15) is 8.42 Å². The van der Waals surface area contributed by atoms with Crippen LogP contribution in [0.5, 0.6) is 11.5 Å². The number of hydrogen-bond donors (Lipinski definition) is 0. The van der Waals surface area contributed by atoms with Crippen LogP contribution in [0.4, 0.5) is 0 Å². The Morgan fingerprint density at radius 2 is 1.56 bits per heavy atom. The zero-order valence-electron chi connectivity index (χ0n) is 15.1. The van der Waals surface area contributed by atoms with Gasteiger partial charge in [0.15, 0.2) is 11.5 Å². The van der Waals surface area contributed by atoms with Gasteiger partial charge in [-0.05, 0) is 38.5 Å². The summed E-state index contributed by atoms with van der Waals surface area (Å²) in [6, 6.07) is 14.0. The van der Waals surface area contributed by atoms with Crippen LogP contribution in [0.2, 0.25) is 0 Å². The summed E-state index contributed by atoms with van der Waals surface area (Å²) in [5.41, 5.74) is 0.935. The van der Waals surface area contributed by atoms with E-state index in [0.29, 0.717) is 24.7 Å². The van der Waals surface area contributed by atoms with E-state index in [1.807, 2.05) is 51.1 Å². The Labute approximate surface area is 150 Å². The smallest absolute Gasteiger partial charge is 0.243 e. The molecule has 2 aromatic rings. The summed E-state index contributed by atoms with van der Waals surface area (Å²) in [4.78, 5) is 0.185. The van der Waals surface area contributed by atoms with Gasteiger partial charge in [0.25, 0.3) is 0 Å². The van der Waals surface area contributed by atoms with Crippen molar-refractivity contribution in [3.05, 3.63) is 54.1 Å². The SMILES string of the molecule is CCOc1ccc(S(=O)(=O)N(C)[C@@H](C)c2ccccc2)cc1OCC. The zero-order chi connectivity index (χ0) is 18.4. The summed E-state index contributed by atoms with van der Waals surface area (Å²) < 4.78 is 38.4. The van der Waals surface area contributed by atoms with Gasteiger partial charge in [-0.15, -0.1) is 0 Å². The monoisotopic (exact) mass is 363 g/mol. The topological polar surface area (TPSA) is 55.8 Å². The van der Waals surface area contributed by atoms with Gasteiger partial charge < -0.3 is 9.47 Å². The average molecular weight is 363 g/mol. The zero-order valence-corrected chi connectivity index (χ0v) is 15.9. The van der Waals surface area contributed by atoms with E-state index in [-0.39, 0.29) is 10.9 Å². The Hall–Kier alpha value is -2.05. The fraction of sp³-hybridized carbons (Fsp3) is 0.368. The molecule has 0 radical (unpaired) electrons. The van der Waals surface area contributed by atoms with Crippen molar-refractivity contribution < 1.29 is 17.9 Å². The van der Waals surface area contributed by atoms with Crippen molar-refractivity contribution in [1.29, 1.82) is 0 Å². The van der Waals surface area contributed by atoms with Gasteiger partial charge in [0.2, 0.25) is 10.0 Å². The number of benzene rings is 2. The molecule has 0 heterocycles. The predicted molar refractivity (Wildman–Crippen MR) is 98.6 cm³/mol. The van der Waals surface area contributed by atoms with Gasteiger partial charge in [0, 0.05) is 19.2 Å². The van der Waals surface area contributed by atoms with Crippen molar-refractivity contribution in [1.82, 2.24) is 4.31 Å². The van der Waals surface area contributed by atoms with Gasteiger partial charge in [-0.25, -0.2) is 8.42 Å². The molecule has 5 nitrogen and oxygen atoms in total. The Morgan fingerprint density at radius 3 is 2.16 bits per heavy atom. The van der Waals surface area contributed by atoms with Gasteiger partial charge in [0.1, 0.15) is 0 Å². The minimum Gasteiger partial charge on any atom is -0.490 e. The van der Waals surface area contributed by atoms with E-state index in [1.54, 1.807) is 19.2 Å². The second kappa shape index (κ2) is 8.36. The molecular formula is C19H25NO4S. The van der Waals surface area contributed by atoms with Crippen molar-refractivity contribution >= 4 is 10.0 Å². The lowest BCUT2D eigenvalue weighted by atomic mass is 10.1. The van der Waals surface area contributed by atoms with Crippen LogP contribution in [-0.2, 0) is 10.0 Å². The summed E-state index contributed by atoms with van der Waals surface area (Å²) in [6.45, 7) is 6.50. The lowest BCUT2D eigenvalue weighted by Crippen LogP contribution is -2.29. The molecule has 2 rings (SSSR count). The second-order valence-electron chi connectivity index (χ2n) is 5.58. The van der Waals surface area contributed by atoms with E-state index in [0.717, 1.165) is 5.56 Å². The van der Waals surface area contributed by atoms with Crippen LogP contribution in [0.1, 0.15) is 32.4 Å². The lowest BCUT2D eigenvalue weighted by Gasteiger charge is -2.25. The highest BCUT2D eigenvalue weighted by Gasteiger charge is 2.27. The second-order valence-corrected chi connectivity index (χ2v) is 7.58. The molecule has 0 saturated carbocycles. The van der Waals surface area contributed by atoms with Crippen molar-refractivity contribution in [2.75, 3.05) is 20.3 Å². The third-order valence-electron chi connectivity index (χ3n) is 4.02. The maximum atomic E-state index is 13.0. The average Bonchev–Trinajstić information content (AvgIpc) is 2.63. The molecule has 0 aliphatic rings. The highest BCUT2D eigenvalue weighted by Crippen LogP contribution is 2.33. The van der Waals surface area contributed by atoms with E-state index in [1.165, 1.54) is 10.4 Å². The van der Waals surface area contributed by atoms with Crippen molar-refractivity contribution in [2.45, 2.75) is 31.7 Å². The first-order valence-electron chi connectivity index (χ1n) is 8.34. The molecular weight excluding hydrogens is 338 g/mol. The van der Waals surface area contributed by atoms with Crippen LogP contribution < -0.4 is 9.47 Å². The van der Waals surface area contributed by atoms with Gasteiger partial charge in [0.05, 0.1) is 18.1 Å². The summed E-state index contributed by atoms with van der Waals surface area (Å²) in [7, 11) is -2.07. The minimum absolute atomic E-state index is 0.185. The van der Waals surface area contributed by atoms with Crippen LogP contribution in [0.3, 0.4) is 0 Å². The van der Waals surface area contributed by atoms with Crippen LogP contribution in [-0.4, -0.2) is 33.0 Å². The normalized spacial score (nSPS) is 12.8. The Balaban J connectivity index is 2.36. The van der Waals surface area contributed by atoms with E-state index in [2.05, 4.69) is 0 Å². The Bertz CT molecular complexity index is 790. The summed E-state index contributed by atoms with van der Waals surface area (Å²) in [6.07, 6.45) is 0. The molecule has 0 aromatic heterocycles. The minimum atomic E-state index is -3.66. The van der Waals surface area contributed by atoms with Crippen LogP contribution in [0, 0.1) is 0 Å². The molecule has 0 spiro atoms. The Kier molecular flexibility index (Phi) is 6.45. The molecule has 1 atom stereocenters. The molecule has 0 unspecified atom stereocenters. The lowest BCUT2D eigenvalue weighted by molar-refractivity contribution is 0.287. The highest BCUT2D eigenvalue weighted by atomic mass is 32.2. The summed E-state index contributed by atoms with van der Waals surface area (Å²) in [5, 5.41) is 0. The number of sulfonamides is 1. The van der Waals surface area contributed by atoms with E-state index >= 15 is 0 Å². The molecule has 2 aromatic carbocycles. The molecule has 0 aliphatic heterocycles. The van der Waals surface area contributed by atoms with Crippen LogP contribution >= 0.6 is 0 Å². The third kappa shape index (κ3) is 4.32. The van der Waals surface area contributed by atoms with Gasteiger partial charge in [-0.1, -0.05) is 30.3 Å². The Morgan fingerprint density at radius 1 is 0.960 bits per heavy atom. The molecule has 0 aliphatic carbocycles. The highest BCUT2D eigenvalue weighted by molar-refractivity contribution is 7.89. The molecule has 0 N–H and O–H groups in total. The molecule has 0 saturated heterocycles. The molecule has 0 amide bonds. The summed E-state index contributed by atoms with van der Waals surface area (Å²) in [5.74, 6) is 0.980.